The molecule has 1 unspecified atom stereocenters. The van der Waals surface area contributed by atoms with E-state index in [9.17, 15) is 4.79 Å². The zero-order valence-electron chi connectivity index (χ0n) is 11.6. The molecular weight excluding hydrogens is 256 g/mol. The molecule has 0 aliphatic carbocycles. The van der Waals surface area contributed by atoms with Crippen LogP contribution >= 0.6 is 0 Å². The normalized spacial score (nSPS) is 12.1. The second-order valence-electron chi connectivity index (χ2n) is 4.61. The molecule has 1 amide bonds. The van der Waals surface area contributed by atoms with Gasteiger partial charge in [-0.25, -0.2) is 4.98 Å². The molecule has 0 fully saturated rings. The minimum absolute atomic E-state index is 0.0204. The third kappa shape index (κ3) is 3.93. The van der Waals surface area contributed by atoms with Gasteiger partial charge in [0, 0.05) is 18.7 Å². The number of aromatic nitrogens is 1. The largest absolute Gasteiger partial charge is 0.444 e. The standard InChI is InChI=1S/C15H18N2O3/c1-11(9-19-2)16-14(18)8-13-10-20-15(17-13)12-6-4-3-5-7-12/h3-7,10-11H,8-9H2,1-2H3,(H,16,18). The van der Waals surface area contributed by atoms with Gasteiger partial charge in [-0.2, -0.15) is 0 Å². The summed E-state index contributed by atoms with van der Waals surface area (Å²) in [5.41, 5.74) is 1.51. The van der Waals surface area contributed by atoms with Gasteiger partial charge in [0.1, 0.15) is 6.26 Å². The van der Waals surface area contributed by atoms with E-state index in [2.05, 4.69) is 10.3 Å². The average molecular weight is 274 g/mol. The summed E-state index contributed by atoms with van der Waals surface area (Å²) >= 11 is 0. The van der Waals surface area contributed by atoms with E-state index in [-0.39, 0.29) is 18.4 Å². The van der Waals surface area contributed by atoms with Crippen LogP contribution in [0.4, 0.5) is 0 Å². The lowest BCUT2D eigenvalue weighted by molar-refractivity contribution is -0.121. The van der Waals surface area contributed by atoms with Crippen molar-refractivity contribution >= 4 is 5.91 Å². The van der Waals surface area contributed by atoms with Crippen LogP contribution < -0.4 is 5.32 Å². The smallest absolute Gasteiger partial charge is 0.226 e. The molecular formula is C15H18N2O3. The third-order valence-corrected chi connectivity index (χ3v) is 2.74. The Balaban J connectivity index is 1.95. The highest BCUT2D eigenvalue weighted by molar-refractivity contribution is 5.78. The number of rotatable bonds is 6. The second-order valence-corrected chi connectivity index (χ2v) is 4.61. The first-order chi connectivity index (χ1) is 9.69. The highest BCUT2D eigenvalue weighted by atomic mass is 16.5. The van der Waals surface area contributed by atoms with Crippen molar-refractivity contribution in [2.24, 2.45) is 0 Å². The number of methoxy groups -OCH3 is 1. The van der Waals surface area contributed by atoms with Gasteiger partial charge >= 0.3 is 0 Å². The molecule has 1 atom stereocenters. The van der Waals surface area contributed by atoms with Crippen LogP contribution in [0.2, 0.25) is 0 Å². The van der Waals surface area contributed by atoms with Gasteiger partial charge in [-0.15, -0.1) is 0 Å². The summed E-state index contributed by atoms with van der Waals surface area (Å²) < 4.78 is 10.4. The average Bonchev–Trinajstić information content (AvgIpc) is 2.88. The summed E-state index contributed by atoms with van der Waals surface area (Å²) in [5, 5.41) is 2.83. The first-order valence-electron chi connectivity index (χ1n) is 6.47. The molecule has 0 spiro atoms. The van der Waals surface area contributed by atoms with Crippen LogP contribution in [-0.2, 0) is 16.0 Å². The molecule has 1 aromatic heterocycles. The number of carbonyl (C=O) groups is 1. The Labute approximate surface area is 118 Å². The fourth-order valence-electron chi connectivity index (χ4n) is 1.88. The van der Waals surface area contributed by atoms with Crippen LogP contribution in [0.15, 0.2) is 41.0 Å². The minimum atomic E-state index is -0.0949. The van der Waals surface area contributed by atoms with Gasteiger partial charge in [0.15, 0.2) is 0 Å². The number of ether oxygens (including phenoxy) is 1. The summed E-state index contributed by atoms with van der Waals surface area (Å²) in [7, 11) is 1.60. The fraction of sp³-hybridized carbons (Fsp3) is 0.333. The molecule has 5 heteroatoms. The zero-order valence-corrected chi connectivity index (χ0v) is 11.6. The number of nitrogens with one attached hydrogen (secondary N) is 1. The van der Waals surface area contributed by atoms with Crippen LogP contribution in [0.1, 0.15) is 12.6 Å². The predicted octanol–water partition coefficient (Wildman–Crippen LogP) is 2.04. The highest BCUT2D eigenvalue weighted by Gasteiger charge is 2.12. The van der Waals surface area contributed by atoms with E-state index in [0.717, 1.165) is 5.56 Å². The van der Waals surface area contributed by atoms with Gasteiger partial charge in [0.2, 0.25) is 11.8 Å². The van der Waals surface area contributed by atoms with E-state index in [0.29, 0.717) is 18.2 Å². The molecule has 0 aliphatic heterocycles. The minimum Gasteiger partial charge on any atom is -0.444 e. The number of nitrogens with zero attached hydrogens (tertiary/aromatic N) is 1. The van der Waals surface area contributed by atoms with Gasteiger partial charge in [-0.3, -0.25) is 4.79 Å². The van der Waals surface area contributed by atoms with Crippen LogP contribution in [-0.4, -0.2) is 30.6 Å². The van der Waals surface area contributed by atoms with Crippen molar-refractivity contribution in [1.29, 1.82) is 0 Å². The Bertz CT molecular complexity index is 551. The first kappa shape index (κ1) is 14.3. The molecule has 1 N–H and O–H groups in total. The van der Waals surface area contributed by atoms with E-state index in [1.165, 1.54) is 6.26 Å². The lowest BCUT2D eigenvalue weighted by atomic mass is 10.2. The van der Waals surface area contributed by atoms with Crippen LogP contribution in [0.3, 0.4) is 0 Å². The maximum Gasteiger partial charge on any atom is 0.226 e. The van der Waals surface area contributed by atoms with E-state index in [1.54, 1.807) is 7.11 Å². The molecule has 1 aromatic carbocycles. The van der Waals surface area contributed by atoms with Gasteiger partial charge in [-0.1, -0.05) is 18.2 Å². The van der Waals surface area contributed by atoms with E-state index in [4.69, 9.17) is 9.15 Å². The summed E-state index contributed by atoms with van der Waals surface area (Å²) in [4.78, 5) is 16.1. The van der Waals surface area contributed by atoms with E-state index >= 15 is 0 Å². The monoisotopic (exact) mass is 274 g/mol. The number of benzene rings is 1. The molecule has 20 heavy (non-hydrogen) atoms. The van der Waals surface area contributed by atoms with Crippen molar-refractivity contribution in [1.82, 2.24) is 10.3 Å². The Morgan fingerprint density at radius 1 is 1.40 bits per heavy atom. The summed E-state index contributed by atoms with van der Waals surface area (Å²) in [6, 6.07) is 9.56. The highest BCUT2D eigenvalue weighted by Crippen LogP contribution is 2.17. The van der Waals surface area contributed by atoms with Crippen molar-refractivity contribution < 1.29 is 13.9 Å². The summed E-state index contributed by atoms with van der Waals surface area (Å²) in [6.07, 6.45) is 1.72. The molecule has 0 saturated heterocycles. The predicted molar refractivity (Wildman–Crippen MR) is 75.1 cm³/mol. The quantitative estimate of drug-likeness (QED) is 0.875. The molecule has 1 heterocycles. The van der Waals surface area contributed by atoms with Gasteiger partial charge < -0.3 is 14.5 Å². The van der Waals surface area contributed by atoms with Crippen molar-refractivity contribution in [3.05, 3.63) is 42.3 Å². The molecule has 2 rings (SSSR count). The van der Waals surface area contributed by atoms with Gasteiger partial charge in [0.05, 0.1) is 18.7 Å². The third-order valence-electron chi connectivity index (χ3n) is 2.74. The van der Waals surface area contributed by atoms with Gasteiger partial charge in [-0.05, 0) is 19.1 Å². The van der Waals surface area contributed by atoms with Crippen molar-refractivity contribution in [2.45, 2.75) is 19.4 Å². The molecule has 0 saturated carbocycles. The fourth-order valence-corrected chi connectivity index (χ4v) is 1.88. The number of amides is 1. The summed E-state index contributed by atoms with van der Waals surface area (Å²) in [6.45, 7) is 2.37. The topological polar surface area (TPSA) is 64.4 Å². The Kier molecular flexibility index (Phi) is 4.90. The molecule has 0 bridgehead atoms. The van der Waals surface area contributed by atoms with Gasteiger partial charge in [0.25, 0.3) is 0 Å². The van der Waals surface area contributed by atoms with Crippen LogP contribution in [0.25, 0.3) is 11.5 Å². The van der Waals surface area contributed by atoms with Crippen molar-refractivity contribution in [3.8, 4) is 11.5 Å². The SMILES string of the molecule is COCC(C)NC(=O)Cc1coc(-c2ccccc2)n1. The molecule has 5 nitrogen and oxygen atoms in total. The summed E-state index contributed by atoms with van der Waals surface area (Å²) in [5.74, 6) is 0.431. The second kappa shape index (κ2) is 6.86. The maximum atomic E-state index is 11.8. The molecule has 0 radical (unpaired) electrons. The Morgan fingerprint density at radius 2 is 2.15 bits per heavy atom. The number of carbonyl (C=O) groups excluding carboxylic acids is 1. The lowest BCUT2D eigenvalue weighted by Gasteiger charge is -2.11. The lowest BCUT2D eigenvalue weighted by Crippen LogP contribution is -2.36. The van der Waals surface area contributed by atoms with Crippen molar-refractivity contribution in [3.63, 3.8) is 0 Å². The van der Waals surface area contributed by atoms with Crippen molar-refractivity contribution in [2.75, 3.05) is 13.7 Å². The van der Waals surface area contributed by atoms with E-state index < -0.39 is 0 Å². The zero-order chi connectivity index (χ0) is 14.4. The van der Waals surface area contributed by atoms with Crippen LogP contribution in [0.5, 0.6) is 0 Å². The first-order valence-corrected chi connectivity index (χ1v) is 6.47. The van der Waals surface area contributed by atoms with Crippen LogP contribution in [0, 0.1) is 0 Å². The number of hydrogen-bond donors (Lipinski definition) is 1. The molecule has 106 valence electrons. The molecule has 2 aromatic rings. The number of oxazole rings is 1. The maximum absolute atomic E-state index is 11.8. The Hall–Kier alpha value is -2.14. The van der Waals surface area contributed by atoms with E-state index in [1.807, 2.05) is 37.3 Å². The Morgan fingerprint density at radius 3 is 2.85 bits per heavy atom. The number of hydrogen-bond acceptors (Lipinski definition) is 4. The molecule has 0 aliphatic rings.